The van der Waals surface area contributed by atoms with Crippen molar-refractivity contribution in [2.24, 2.45) is 0 Å². The molecule has 1 heteroatoms. The molecule has 1 unspecified atom stereocenters. The lowest BCUT2D eigenvalue weighted by Crippen LogP contribution is -1.94. The van der Waals surface area contributed by atoms with E-state index < -0.39 is 0 Å². The zero-order chi connectivity index (χ0) is 9.52. The van der Waals surface area contributed by atoms with Crippen molar-refractivity contribution in [3.8, 4) is 0 Å². The Morgan fingerprint density at radius 2 is 1.92 bits per heavy atom. The van der Waals surface area contributed by atoms with Gasteiger partial charge in [-0.3, -0.25) is 0 Å². The molecule has 1 aromatic rings. The second-order valence-electron chi connectivity index (χ2n) is 3.04. The average molecular weight is 176 g/mol. The number of hydrogen-bond donors (Lipinski definition) is 1. The predicted molar refractivity (Wildman–Crippen MR) is 55.4 cm³/mol. The highest BCUT2D eigenvalue weighted by Crippen LogP contribution is 2.15. The lowest BCUT2D eigenvalue weighted by Gasteiger charge is -2.07. The molecule has 0 aliphatic carbocycles. The van der Waals surface area contributed by atoms with Crippen molar-refractivity contribution < 1.29 is 5.11 Å². The highest BCUT2D eigenvalue weighted by molar-refractivity contribution is 5.17. The third-order valence-electron chi connectivity index (χ3n) is 1.95. The van der Waals surface area contributed by atoms with Crippen LogP contribution in [0, 0.1) is 0 Å². The molecule has 0 aromatic heterocycles. The van der Waals surface area contributed by atoms with E-state index in [0.29, 0.717) is 6.42 Å². The molecule has 0 spiro atoms. The first-order valence-electron chi connectivity index (χ1n) is 4.72. The van der Waals surface area contributed by atoms with E-state index >= 15 is 0 Å². The molecule has 1 nitrogen and oxygen atoms in total. The number of aliphatic hydroxyl groups excluding tert-OH is 1. The van der Waals surface area contributed by atoms with Crippen molar-refractivity contribution >= 4 is 0 Å². The van der Waals surface area contributed by atoms with E-state index in [4.69, 9.17) is 0 Å². The molecule has 1 atom stereocenters. The lowest BCUT2D eigenvalue weighted by molar-refractivity contribution is 0.181. The van der Waals surface area contributed by atoms with Crippen LogP contribution in [0.25, 0.3) is 0 Å². The van der Waals surface area contributed by atoms with Crippen LogP contribution in [0.5, 0.6) is 0 Å². The summed E-state index contributed by atoms with van der Waals surface area (Å²) in [4.78, 5) is 0. The van der Waals surface area contributed by atoms with Gasteiger partial charge in [0.1, 0.15) is 0 Å². The van der Waals surface area contributed by atoms with Crippen molar-refractivity contribution in [3.63, 3.8) is 0 Å². The van der Waals surface area contributed by atoms with Crippen LogP contribution in [0.3, 0.4) is 0 Å². The topological polar surface area (TPSA) is 20.2 Å². The Morgan fingerprint density at radius 3 is 2.54 bits per heavy atom. The summed E-state index contributed by atoms with van der Waals surface area (Å²) in [6.45, 7) is 2.09. The highest BCUT2D eigenvalue weighted by Gasteiger charge is 2.02. The van der Waals surface area contributed by atoms with Crippen LogP contribution in [-0.4, -0.2) is 5.11 Å². The van der Waals surface area contributed by atoms with E-state index in [0.717, 1.165) is 12.0 Å². The number of aliphatic hydroxyl groups is 1. The Labute approximate surface area is 79.7 Å². The molecule has 0 fully saturated rings. The molecule has 1 N–H and O–H groups in total. The molecule has 0 bridgehead atoms. The molecule has 0 heterocycles. The van der Waals surface area contributed by atoms with E-state index in [9.17, 15) is 5.11 Å². The number of allylic oxidation sites excluding steroid dienone is 1. The van der Waals surface area contributed by atoms with Gasteiger partial charge in [-0.15, -0.1) is 0 Å². The number of hydrogen-bond acceptors (Lipinski definition) is 1. The zero-order valence-electron chi connectivity index (χ0n) is 7.98. The largest absolute Gasteiger partial charge is 0.388 e. The number of benzene rings is 1. The summed E-state index contributed by atoms with van der Waals surface area (Å²) < 4.78 is 0. The minimum atomic E-state index is -0.357. The summed E-state index contributed by atoms with van der Waals surface area (Å²) in [6.07, 6.45) is 5.48. The SMILES string of the molecule is CC/C=C/CC(O)c1ccccc1. The van der Waals surface area contributed by atoms with Gasteiger partial charge >= 0.3 is 0 Å². The first-order valence-corrected chi connectivity index (χ1v) is 4.72. The number of rotatable bonds is 4. The fourth-order valence-electron chi connectivity index (χ4n) is 1.20. The van der Waals surface area contributed by atoms with Crippen molar-refractivity contribution in [1.82, 2.24) is 0 Å². The van der Waals surface area contributed by atoms with E-state index in [1.54, 1.807) is 0 Å². The van der Waals surface area contributed by atoms with Crippen molar-refractivity contribution in [3.05, 3.63) is 48.0 Å². The normalized spacial score (nSPS) is 13.4. The zero-order valence-corrected chi connectivity index (χ0v) is 7.98. The molecular formula is C12H16O. The maximum absolute atomic E-state index is 9.70. The third kappa shape index (κ3) is 3.43. The Morgan fingerprint density at radius 1 is 1.23 bits per heavy atom. The van der Waals surface area contributed by atoms with Gasteiger partial charge < -0.3 is 5.11 Å². The summed E-state index contributed by atoms with van der Waals surface area (Å²) >= 11 is 0. The van der Waals surface area contributed by atoms with Gasteiger partial charge in [-0.25, -0.2) is 0 Å². The summed E-state index contributed by atoms with van der Waals surface area (Å²) in [6, 6.07) is 9.75. The van der Waals surface area contributed by atoms with Crippen LogP contribution < -0.4 is 0 Å². The molecule has 0 saturated carbocycles. The summed E-state index contributed by atoms with van der Waals surface area (Å²) in [5.41, 5.74) is 0.989. The minimum absolute atomic E-state index is 0.357. The van der Waals surface area contributed by atoms with Crippen LogP contribution in [0.4, 0.5) is 0 Å². The molecule has 1 aromatic carbocycles. The van der Waals surface area contributed by atoms with Crippen LogP contribution in [-0.2, 0) is 0 Å². The molecule has 1 rings (SSSR count). The molecule has 0 amide bonds. The Kier molecular flexibility index (Phi) is 4.27. The van der Waals surface area contributed by atoms with E-state index in [1.165, 1.54) is 0 Å². The standard InChI is InChI=1S/C12H16O/c1-2-3-5-10-12(13)11-8-6-4-7-9-11/h3-9,12-13H,2,10H2,1H3/b5-3+. The Balaban J connectivity index is 2.49. The average Bonchev–Trinajstić information content (AvgIpc) is 2.19. The monoisotopic (exact) mass is 176 g/mol. The summed E-state index contributed by atoms with van der Waals surface area (Å²) in [7, 11) is 0. The summed E-state index contributed by atoms with van der Waals surface area (Å²) in [5, 5.41) is 9.70. The van der Waals surface area contributed by atoms with E-state index in [2.05, 4.69) is 13.0 Å². The van der Waals surface area contributed by atoms with Crippen LogP contribution in [0.2, 0.25) is 0 Å². The van der Waals surface area contributed by atoms with Gasteiger partial charge in [-0.05, 0) is 18.4 Å². The molecule has 0 radical (unpaired) electrons. The summed E-state index contributed by atoms with van der Waals surface area (Å²) in [5.74, 6) is 0. The molecule has 0 aliphatic rings. The highest BCUT2D eigenvalue weighted by atomic mass is 16.3. The third-order valence-corrected chi connectivity index (χ3v) is 1.95. The first kappa shape index (κ1) is 10.0. The molecule has 0 saturated heterocycles. The molecule has 0 aliphatic heterocycles. The van der Waals surface area contributed by atoms with Crippen molar-refractivity contribution in [2.45, 2.75) is 25.9 Å². The maximum Gasteiger partial charge on any atom is 0.0824 e. The van der Waals surface area contributed by atoms with Gasteiger partial charge in [-0.2, -0.15) is 0 Å². The van der Waals surface area contributed by atoms with Crippen LogP contribution in [0.15, 0.2) is 42.5 Å². The second kappa shape index (κ2) is 5.55. The lowest BCUT2D eigenvalue weighted by atomic mass is 10.1. The van der Waals surface area contributed by atoms with Gasteiger partial charge in [0, 0.05) is 0 Å². The smallest absolute Gasteiger partial charge is 0.0824 e. The van der Waals surface area contributed by atoms with Gasteiger partial charge in [0.15, 0.2) is 0 Å². The van der Waals surface area contributed by atoms with Crippen molar-refractivity contribution in [2.75, 3.05) is 0 Å². The Bertz CT molecular complexity index is 251. The minimum Gasteiger partial charge on any atom is -0.388 e. The van der Waals surface area contributed by atoms with E-state index in [1.807, 2.05) is 36.4 Å². The Hall–Kier alpha value is -1.08. The molecule has 13 heavy (non-hydrogen) atoms. The predicted octanol–water partition coefficient (Wildman–Crippen LogP) is 3.08. The van der Waals surface area contributed by atoms with Crippen molar-refractivity contribution in [1.29, 1.82) is 0 Å². The second-order valence-corrected chi connectivity index (χ2v) is 3.04. The maximum atomic E-state index is 9.70. The van der Waals surface area contributed by atoms with Crippen LogP contribution >= 0.6 is 0 Å². The van der Waals surface area contributed by atoms with Gasteiger partial charge in [0.2, 0.25) is 0 Å². The quantitative estimate of drug-likeness (QED) is 0.699. The van der Waals surface area contributed by atoms with Crippen LogP contribution in [0.1, 0.15) is 31.4 Å². The van der Waals surface area contributed by atoms with E-state index in [-0.39, 0.29) is 6.10 Å². The fraction of sp³-hybridized carbons (Fsp3) is 0.333. The van der Waals surface area contributed by atoms with Gasteiger partial charge in [0.25, 0.3) is 0 Å². The first-order chi connectivity index (χ1) is 6.34. The fourth-order valence-corrected chi connectivity index (χ4v) is 1.20. The molecular weight excluding hydrogens is 160 g/mol. The van der Waals surface area contributed by atoms with Gasteiger partial charge in [0.05, 0.1) is 6.10 Å². The van der Waals surface area contributed by atoms with Gasteiger partial charge in [-0.1, -0.05) is 49.4 Å². The molecule has 70 valence electrons.